The van der Waals surface area contributed by atoms with Crippen LogP contribution >= 0.6 is 0 Å². The number of halogens is 1. The number of aryl methyl sites for hydroxylation is 1. The molecular formula is C19H18FNO. The summed E-state index contributed by atoms with van der Waals surface area (Å²) < 4.78 is 16.0. The maximum absolute atomic E-state index is 13.9. The van der Waals surface area contributed by atoms with E-state index in [9.17, 15) is 9.18 Å². The summed E-state index contributed by atoms with van der Waals surface area (Å²) in [6.45, 7) is 5.52. The zero-order chi connectivity index (χ0) is 15.9. The molecule has 3 heteroatoms. The third-order valence-electron chi connectivity index (χ3n) is 4.24. The van der Waals surface area contributed by atoms with Crippen molar-refractivity contribution in [1.29, 1.82) is 0 Å². The molecule has 0 aliphatic heterocycles. The van der Waals surface area contributed by atoms with Crippen LogP contribution in [0.4, 0.5) is 4.39 Å². The van der Waals surface area contributed by atoms with Crippen molar-refractivity contribution >= 4 is 10.9 Å². The van der Waals surface area contributed by atoms with Gasteiger partial charge in [0.2, 0.25) is 0 Å². The van der Waals surface area contributed by atoms with Gasteiger partial charge in [0.1, 0.15) is 5.82 Å². The van der Waals surface area contributed by atoms with Crippen LogP contribution in [0.3, 0.4) is 0 Å². The molecule has 0 aliphatic rings. The highest BCUT2D eigenvalue weighted by atomic mass is 19.1. The lowest BCUT2D eigenvalue weighted by Gasteiger charge is -2.19. The first-order chi connectivity index (χ1) is 10.6. The molecule has 112 valence electrons. The van der Waals surface area contributed by atoms with E-state index in [-0.39, 0.29) is 11.2 Å². The lowest BCUT2D eigenvalue weighted by Crippen LogP contribution is -2.18. The number of pyridine rings is 1. The van der Waals surface area contributed by atoms with Gasteiger partial charge in [-0.3, -0.25) is 4.79 Å². The molecule has 0 atom stereocenters. The van der Waals surface area contributed by atoms with Crippen molar-refractivity contribution in [3.63, 3.8) is 0 Å². The van der Waals surface area contributed by atoms with Crippen LogP contribution in [0.5, 0.6) is 0 Å². The molecule has 2 nitrogen and oxygen atoms in total. The molecule has 0 saturated heterocycles. The summed E-state index contributed by atoms with van der Waals surface area (Å²) in [4.78, 5) is 12.7. The number of para-hydroxylation sites is 1. The number of rotatable bonds is 2. The van der Waals surface area contributed by atoms with Gasteiger partial charge in [-0.05, 0) is 50.1 Å². The standard InChI is InChI=1S/C19H18FNO/c1-4-16-13(3)19(22)18-12(2)15(20)10-11-17(18)21(16)14-8-6-5-7-9-14/h5-11H,4H2,1-3H3. The molecule has 1 heterocycles. The Bertz CT molecular complexity index is 910. The van der Waals surface area contributed by atoms with Crippen molar-refractivity contribution in [2.24, 2.45) is 0 Å². The number of fused-ring (bicyclic) bond motifs is 1. The Morgan fingerprint density at radius 1 is 1.00 bits per heavy atom. The van der Waals surface area contributed by atoms with E-state index in [2.05, 4.69) is 4.57 Å². The van der Waals surface area contributed by atoms with Crippen LogP contribution < -0.4 is 5.43 Å². The second-order valence-corrected chi connectivity index (χ2v) is 5.49. The Morgan fingerprint density at radius 2 is 1.68 bits per heavy atom. The minimum Gasteiger partial charge on any atom is -0.313 e. The SMILES string of the molecule is CCc1c(C)c(=O)c2c(C)c(F)ccc2n1-c1ccccc1. The molecule has 0 unspecified atom stereocenters. The first-order valence-electron chi connectivity index (χ1n) is 7.45. The topological polar surface area (TPSA) is 22.0 Å². The molecule has 1 aromatic heterocycles. The third kappa shape index (κ3) is 2.05. The first kappa shape index (κ1) is 14.5. The van der Waals surface area contributed by atoms with E-state index in [0.717, 1.165) is 23.3 Å². The highest BCUT2D eigenvalue weighted by Gasteiger charge is 2.17. The molecule has 0 aliphatic carbocycles. The first-order valence-corrected chi connectivity index (χ1v) is 7.45. The van der Waals surface area contributed by atoms with Crippen molar-refractivity contribution < 1.29 is 4.39 Å². The van der Waals surface area contributed by atoms with Crippen molar-refractivity contribution in [1.82, 2.24) is 4.57 Å². The van der Waals surface area contributed by atoms with E-state index >= 15 is 0 Å². The third-order valence-corrected chi connectivity index (χ3v) is 4.24. The van der Waals surface area contributed by atoms with Crippen molar-refractivity contribution in [3.05, 3.63) is 75.3 Å². The van der Waals surface area contributed by atoms with E-state index in [1.165, 1.54) is 6.07 Å². The summed E-state index contributed by atoms with van der Waals surface area (Å²) in [7, 11) is 0. The zero-order valence-electron chi connectivity index (χ0n) is 13.0. The lowest BCUT2D eigenvalue weighted by molar-refractivity contribution is 0.620. The summed E-state index contributed by atoms with van der Waals surface area (Å²) >= 11 is 0. The molecule has 0 radical (unpaired) electrons. The van der Waals surface area contributed by atoms with Crippen LogP contribution in [-0.4, -0.2) is 4.57 Å². The van der Waals surface area contributed by atoms with Gasteiger partial charge in [0.25, 0.3) is 0 Å². The highest BCUT2D eigenvalue weighted by molar-refractivity contribution is 5.85. The van der Waals surface area contributed by atoms with Gasteiger partial charge >= 0.3 is 0 Å². The summed E-state index contributed by atoms with van der Waals surface area (Å²) in [5, 5.41) is 0.471. The van der Waals surface area contributed by atoms with Gasteiger partial charge in [-0.25, -0.2) is 4.39 Å². The Kier molecular flexibility index (Phi) is 3.57. The smallest absolute Gasteiger partial charge is 0.192 e. The molecule has 0 bridgehead atoms. The maximum Gasteiger partial charge on any atom is 0.192 e. The van der Waals surface area contributed by atoms with Gasteiger partial charge < -0.3 is 4.57 Å². The van der Waals surface area contributed by atoms with Crippen molar-refractivity contribution in [2.75, 3.05) is 0 Å². The van der Waals surface area contributed by atoms with Crippen LogP contribution in [0.25, 0.3) is 16.6 Å². The minimum absolute atomic E-state index is 0.0731. The monoisotopic (exact) mass is 295 g/mol. The van der Waals surface area contributed by atoms with Gasteiger partial charge in [0, 0.05) is 16.9 Å². The summed E-state index contributed by atoms with van der Waals surface area (Å²) in [6, 6.07) is 13.0. The zero-order valence-corrected chi connectivity index (χ0v) is 13.0. The van der Waals surface area contributed by atoms with Gasteiger partial charge in [-0.2, -0.15) is 0 Å². The number of benzene rings is 2. The Labute approximate surface area is 128 Å². The predicted octanol–water partition coefficient (Wildman–Crippen LogP) is 4.31. The van der Waals surface area contributed by atoms with E-state index in [4.69, 9.17) is 0 Å². The number of nitrogens with zero attached hydrogens (tertiary/aromatic N) is 1. The average Bonchev–Trinajstić information content (AvgIpc) is 2.54. The fourth-order valence-electron chi connectivity index (χ4n) is 3.07. The number of hydrogen-bond acceptors (Lipinski definition) is 1. The molecule has 2 aromatic carbocycles. The van der Waals surface area contributed by atoms with Gasteiger partial charge in [-0.1, -0.05) is 25.1 Å². The van der Waals surface area contributed by atoms with Crippen molar-refractivity contribution in [3.8, 4) is 5.69 Å². The van der Waals surface area contributed by atoms with E-state index in [1.54, 1.807) is 13.0 Å². The van der Waals surface area contributed by atoms with E-state index in [0.29, 0.717) is 16.5 Å². The van der Waals surface area contributed by atoms with Gasteiger partial charge in [0.15, 0.2) is 5.43 Å². The molecular weight excluding hydrogens is 277 g/mol. The highest BCUT2D eigenvalue weighted by Crippen LogP contribution is 2.25. The Hall–Kier alpha value is -2.42. The Morgan fingerprint density at radius 3 is 2.32 bits per heavy atom. The molecule has 0 amide bonds. The lowest BCUT2D eigenvalue weighted by atomic mass is 10.0. The average molecular weight is 295 g/mol. The minimum atomic E-state index is -0.340. The second kappa shape index (κ2) is 5.41. The molecule has 3 aromatic rings. The maximum atomic E-state index is 13.9. The molecule has 0 saturated carbocycles. The predicted molar refractivity (Wildman–Crippen MR) is 88.4 cm³/mol. The fraction of sp³-hybridized carbons (Fsp3) is 0.211. The number of hydrogen-bond donors (Lipinski definition) is 0. The molecule has 0 spiro atoms. The molecule has 0 fully saturated rings. The van der Waals surface area contributed by atoms with Crippen LogP contribution in [0.2, 0.25) is 0 Å². The van der Waals surface area contributed by atoms with Gasteiger partial charge in [-0.15, -0.1) is 0 Å². The Balaban J connectivity index is 2.58. The second-order valence-electron chi connectivity index (χ2n) is 5.49. The summed E-state index contributed by atoms with van der Waals surface area (Å²) in [6.07, 6.45) is 0.738. The largest absolute Gasteiger partial charge is 0.313 e. The van der Waals surface area contributed by atoms with Crippen LogP contribution in [0, 0.1) is 19.7 Å². The molecule has 3 rings (SSSR count). The van der Waals surface area contributed by atoms with Crippen LogP contribution in [-0.2, 0) is 6.42 Å². The molecule has 0 N–H and O–H groups in total. The number of aromatic nitrogens is 1. The van der Waals surface area contributed by atoms with Gasteiger partial charge in [0.05, 0.1) is 10.9 Å². The quantitative estimate of drug-likeness (QED) is 0.690. The molecule has 22 heavy (non-hydrogen) atoms. The van der Waals surface area contributed by atoms with Crippen LogP contribution in [0.15, 0.2) is 47.3 Å². The van der Waals surface area contributed by atoms with E-state index in [1.807, 2.05) is 44.2 Å². The van der Waals surface area contributed by atoms with Crippen LogP contribution in [0.1, 0.15) is 23.7 Å². The normalized spacial score (nSPS) is 11.1. The summed E-state index contributed by atoms with van der Waals surface area (Å²) in [5.41, 5.74) is 3.74. The fourth-order valence-corrected chi connectivity index (χ4v) is 3.07. The summed E-state index contributed by atoms with van der Waals surface area (Å²) in [5.74, 6) is -0.340. The van der Waals surface area contributed by atoms with Crippen molar-refractivity contribution in [2.45, 2.75) is 27.2 Å². The van der Waals surface area contributed by atoms with E-state index < -0.39 is 0 Å².